The van der Waals surface area contributed by atoms with Gasteiger partial charge in [0, 0.05) is 59.7 Å². The minimum Gasteiger partial charge on any atom is -0.356 e. The van der Waals surface area contributed by atoms with Crippen molar-refractivity contribution in [2.24, 2.45) is 18.0 Å². The van der Waals surface area contributed by atoms with Gasteiger partial charge < -0.3 is 20.4 Å². The summed E-state index contributed by atoms with van der Waals surface area (Å²) < 4.78 is 1.72. The molecule has 0 spiro atoms. The van der Waals surface area contributed by atoms with Crippen molar-refractivity contribution >= 4 is 17.8 Å². The molecule has 31 heavy (non-hydrogen) atoms. The fourth-order valence-electron chi connectivity index (χ4n) is 3.49. The second-order valence-corrected chi connectivity index (χ2v) is 8.32. The number of aryl methyl sites for hydroxylation is 1. The van der Waals surface area contributed by atoms with E-state index in [1.165, 1.54) is 6.33 Å². The van der Waals surface area contributed by atoms with Crippen molar-refractivity contribution in [3.8, 4) is 0 Å². The van der Waals surface area contributed by atoms with Crippen LogP contribution in [0.5, 0.6) is 0 Å². The number of carbonyl (C=O) groups excluding carboxylic acids is 2. The van der Waals surface area contributed by atoms with E-state index in [0.29, 0.717) is 51.5 Å². The van der Waals surface area contributed by atoms with Crippen molar-refractivity contribution in [3.05, 3.63) is 12.2 Å². The molecule has 10 heteroatoms. The molecule has 2 N–H and O–H groups in total. The van der Waals surface area contributed by atoms with Crippen LogP contribution in [0.4, 0.5) is 0 Å². The van der Waals surface area contributed by atoms with E-state index in [9.17, 15) is 9.59 Å². The highest BCUT2D eigenvalue weighted by molar-refractivity contribution is 5.79. The Morgan fingerprint density at radius 1 is 1.06 bits per heavy atom. The number of nitrogens with zero attached hydrogens (tertiary/aromatic N) is 6. The van der Waals surface area contributed by atoms with Crippen molar-refractivity contribution in [2.75, 3.05) is 39.8 Å². The third-order valence-electron chi connectivity index (χ3n) is 5.37. The number of amides is 2. The fraction of sp³-hybridized carbons (Fsp3) is 0.762. The molecular weight excluding hydrogens is 396 g/mol. The van der Waals surface area contributed by atoms with Gasteiger partial charge in [-0.15, -0.1) is 0 Å². The summed E-state index contributed by atoms with van der Waals surface area (Å²) >= 11 is 0. The van der Waals surface area contributed by atoms with Crippen LogP contribution in [-0.2, 0) is 23.2 Å². The number of nitrogens with one attached hydrogen (secondary N) is 2. The minimum atomic E-state index is 0.199. The van der Waals surface area contributed by atoms with E-state index >= 15 is 0 Å². The minimum absolute atomic E-state index is 0.199. The zero-order valence-corrected chi connectivity index (χ0v) is 19.4. The predicted molar refractivity (Wildman–Crippen MR) is 120 cm³/mol. The van der Waals surface area contributed by atoms with Gasteiger partial charge in [-0.2, -0.15) is 5.10 Å². The molecule has 1 saturated heterocycles. The van der Waals surface area contributed by atoms with Crippen LogP contribution in [0.3, 0.4) is 0 Å². The summed E-state index contributed by atoms with van der Waals surface area (Å²) in [4.78, 5) is 36.7. The number of hydrogen-bond donors (Lipinski definition) is 2. The van der Waals surface area contributed by atoms with Gasteiger partial charge in [-0.05, 0) is 18.8 Å². The lowest BCUT2D eigenvalue weighted by molar-refractivity contribution is -0.140. The first-order valence-corrected chi connectivity index (χ1v) is 11.2. The van der Waals surface area contributed by atoms with Gasteiger partial charge in [0.15, 0.2) is 5.96 Å². The first kappa shape index (κ1) is 24.6. The Labute approximate surface area is 185 Å². The third-order valence-corrected chi connectivity index (χ3v) is 5.37. The van der Waals surface area contributed by atoms with Crippen LogP contribution in [0.15, 0.2) is 11.3 Å². The zero-order valence-electron chi connectivity index (χ0n) is 19.4. The summed E-state index contributed by atoms with van der Waals surface area (Å²) in [5.74, 6) is 2.34. The van der Waals surface area contributed by atoms with Crippen molar-refractivity contribution in [1.29, 1.82) is 0 Å². The van der Waals surface area contributed by atoms with Gasteiger partial charge in [-0.25, -0.2) is 4.98 Å². The normalized spacial score (nSPS) is 14.8. The Bertz CT molecular complexity index is 723. The van der Waals surface area contributed by atoms with Crippen LogP contribution in [0.1, 0.15) is 51.8 Å². The predicted octanol–water partition coefficient (Wildman–Crippen LogP) is 0.757. The van der Waals surface area contributed by atoms with Gasteiger partial charge in [0.25, 0.3) is 0 Å². The number of piperazine rings is 1. The highest BCUT2D eigenvalue weighted by Crippen LogP contribution is 2.10. The molecule has 2 amide bonds. The van der Waals surface area contributed by atoms with Gasteiger partial charge in [-0.3, -0.25) is 19.3 Å². The summed E-state index contributed by atoms with van der Waals surface area (Å²) in [6.45, 7) is 8.07. The summed E-state index contributed by atoms with van der Waals surface area (Å²) in [5, 5.41) is 10.5. The quantitative estimate of drug-likeness (QED) is 0.320. The molecule has 0 unspecified atom stereocenters. The molecule has 0 aromatic carbocycles. The molecule has 1 aromatic heterocycles. The van der Waals surface area contributed by atoms with Gasteiger partial charge in [0.05, 0.1) is 6.54 Å². The highest BCUT2D eigenvalue weighted by Gasteiger charge is 2.23. The molecular formula is C21H38N8O2. The molecule has 0 atom stereocenters. The molecule has 10 nitrogen and oxygen atoms in total. The molecule has 2 rings (SSSR count). The molecule has 0 radical (unpaired) electrons. The van der Waals surface area contributed by atoms with Crippen LogP contribution in [0, 0.1) is 5.92 Å². The smallest absolute Gasteiger partial charge is 0.222 e. The van der Waals surface area contributed by atoms with E-state index in [2.05, 4.69) is 39.6 Å². The average Bonchev–Trinajstić information content (AvgIpc) is 3.16. The molecule has 1 aromatic rings. The number of aromatic nitrogens is 3. The summed E-state index contributed by atoms with van der Waals surface area (Å²) in [6, 6.07) is 0. The lowest BCUT2D eigenvalue weighted by Gasteiger charge is -2.35. The topological polar surface area (TPSA) is 108 Å². The number of hydrogen-bond acceptors (Lipinski definition) is 5. The molecule has 1 fully saturated rings. The maximum Gasteiger partial charge on any atom is 0.222 e. The number of guanidine groups is 1. The largest absolute Gasteiger partial charge is 0.356 e. The Hall–Kier alpha value is -2.65. The van der Waals surface area contributed by atoms with E-state index in [1.807, 2.05) is 16.8 Å². The molecule has 2 heterocycles. The second kappa shape index (κ2) is 12.9. The molecule has 1 aliphatic rings. The first-order chi connectivity index (χ1) is 14.9. The lowest BCUT2D eigenvalue weighted by atomic mass is 10.1. The van der Waals surface area contributed by atoms with Gasteiger partial charge in [-0.1, -0.05) is 20.3 Å². The first-order valence-electron chi connectivity index (χ1n) is 11.2. The van der Waals surface area contributed by atoms with Crippen molar-refractivity contribution in [2.45, 2.75) is 52.5 Å². The maximum atomic E-state index is 12.4. The van der Waals surface area contributed by atoms with Crippen molar-refractivity contribution in [3.63, 3.8) is 0 Å². The lowest BCUT2D eigenvalue weighted by Crippen LogP contribution is -2.50. The zero-order chi connectivity index (χ0) is 22.6. The maximum absolute atomic E-state index is 12.4. The number of unbranched alkanes of at least 4 members (excludes halogenated alkanes) is 2. The number of carbonyl (C=O) groups is 2. The average molecular weight is 435 g/mol. The Morgan fingerprint density at radius 3 is 2.32 bits per heavy atom. The summed E-state index contributed by atoms with van der Waals surface area (Å²) in [7, 11) is 3.59. The molecule has 0 saturated carbocycles. The van der Waals surface area contributed by atoms with Crippen LogP contribution in [0.25, 0.3) is 0 Å². The van der Waals surface area contributed by atoms with Crippen molar-refractivity contribution in [1.82, 2.24) is 35.2 Å². The second-order valence-electron chi connectivity index (χ2n) is 8.32. The third kappa shape index (κ3) is 8.55. The fourth-order valence-corrected chi connectivity index (χ4v) is 3.49. The summed E-state index contributed by atoms with van der Waals surface area (Å²) in [5.41, 5.74) is 0. The molecule has 0 aliphatic carbocycles. The van der Waals surface area contributed by atoms with E-state index in [0.717, 1.165) is 37.6 Å². The van der Waals surface area contributed by atoms with E-state index in [-0.39, 0.29) is 11.8 Å². The van der Waals surface area contributed by atoms with Crippen molar-refractivity contribution < 1.29 is 9.59 Å². The van der Waals surface area contributed by atoms with Gasteiger partial charge in [0.2, 0.25) is 11.8 Å². The SMILES string of the molecule is CN=C(NCCCCCC(=O)N1CCN(C(=O)CC(C)C)CC1)NCc1ncnn1C. The van der Waals surface area contributed by atoms with Crippen LogP contribution in [0.2, 0.25) is 0 Å². The van der Waals surface area contributed by atoms with Crippen LogP contribution < -0.4 is 10.6 Å². The van der Waals surface area contributed by atoms with E-state index < -0.39 is 0 Å². The van der Waals surface area contributed by atoms with Crippen LogP contribution >= 0.6 is 0 Å². The van der Waals surface area contributed by atoms with Gasteiger partial charge in [0.1, 0.15) is 12.2 Å². The Kier molecular flexibility index (Phi) is 10.3. The molecule has 0 bridgehead atoms. The van der Waals surface area contributed by atoms with Gasteiger partial charge >= 0.3 is 0 Å². The Morgan fingerprint density at radius 2 is 1.74 bits per heavy atom. The van der Waals surface area contributed by atoms with Crippen LogP contribution in [-0.4, -0.2) is 82.1 Å². The number of rotatable bonds is 10. The molecule has 1 aliphatic heterocycles. The van der Waals surface area contributed by atoms with E-state index in [1.54, 1.807) is 11.7 Å². The summed E-state index contributed by atoms with van der Waals surface area (Å²) in [6.07, 6.45) is 5.50. The Balaban J connectivity index is 1.54. The standard InChI is InChI=1S/C21H38N8O2/c1-17(2)14-20(31)29-12-10-28(11-13-29)19(30)8-6-5-7-9-23-21(22-3)24-15-18-25-16-26-27(18)4/h16-17H,5-15H2,1-4H3,(H2,22,23,24). The van der Waals surface area contributed by atoms with E-state index in [4.69, 9.17) is 0 Å². The number of aliphatic imine (C=N–C) groups is 1. The molecule has 174 valence electrons. The monoisotopic (exact) mass is 434 g/mol. The highest BCUT2D eigenvalue weighted by atomic mass is 16.2.